The minimum absolute atomic E-state index is 0.169. The van der Waals surface area contributed by atoms with Gasteiger partial charge in [0.15, 0.2) is 0 Å². The average Bonchev–Trinajstić information content (AvgIpc) is 3.24. The van der Waals surface area contributed by atoms with Crippen molar-refractivity contribution >= 4 is 34.2 Å². The Hall–Kier alpha value is -3.49. The molecule has 9 heteroatoms. The molecule has 0 aliphatic carbocycles. The maximum Gasteiger partial charge on any atom is 0.291 e. The lowest BCUT2D eigenvalue weighted by atomic mass is 10.0. The van der Waals surface area contributed by atoms with Crippen LogP contribution in [0.4, 0.5) is 5.82 Å². The van der Waals surface area contributed by atoms with Crippen molar-refractivity contribution in [3.05, 3.63) is 70.3 Å². The lowest BCUT2D eigenvalue weighted by molar-refractivity contribution is 0.0648. The molecule has 0 atom stereocenters. The highest BCUT2D eigenvalue weighted by atomic mass is 35.5. The van der Waals surface area contributed by atoms with Crippen LogP contribution in [0.2, 0.25) is 5.02 Å². The molecule has 192 valence electrons. The van der Waals surface area contributed by atoms with E-state index in [2.05, 4.69) is 22.4 Å². The molecule has 8 nitrogen and oxygen atoms in total. The summed E-state index contributed by atoms with van der Waals surface area (Å²) in [5.41, 5.74) is 4.43. The van der Waals surface area contributed by atoms with E-state index in [0.29, 0.717) is 22.9 Å². The molecule has 0 unspecified atom stereocenters. The number of nitrogens with one attached hydrogen (secondary N) is 1. The standard InChI is InChI=1S/C28H31ClN6O2/c1-17-25(18(2)37-33-17)20-8-9-24-23(15-20)26(30-16-19-6-5-7-21(29)14-19)32-27(31-24)28(36)35(4)22-10-12-34(3)13-11-22/h5-9,14-15,22H,10-13,16H2,1-4H3,(H,30,31,32). The predicted octanol–water partition coefficient (Wildman–Crippen LogP) is 5.33. The third-order valence-electron chi connectivity index (χ3n) is 7.11. The van der Waals surface area contributed by atoms with Gasteiger partial charge in [-0.1, -0.05) is 35.0 Å². The Kier molecular flexibility index (Phi) is 7.13. The smallest absolute Gasteiger partial charge is 0.291 e. The molecule has 1 N–H and O–H groups in total. The highest BCUT2D eigenvalue weighted by Gasteiger charge is 2.27. The van der Waals surface area contributed by atoms with Gasteiger partial charge in [0.1, 0.15) is 11.6 Å². The lowest BCUT2D eigenvalue weighted by Gasteiger charge is -2.34. The molecular formula is C28H31ClN6O2. The van der Waals surface area contributed by atoms with Gasteiger partial charge in [0.05, 0.1) is 11.2 Å². The number of anilines is 1. The number of rotatable bonds is 6. The molecule has 0 radical (unpaired) electrons. The van der Waals surface area contributed by atoms with Crippen LogP contribution in [0.3, 0.4) is 0 Å². The number of aromatic nitrogens is 3. The number of halogens is 1. The van der Waals surface area contributed by atoms with Crippen LogP contribution in [-0.2, 0) is 6.54 Å². The second-order valence-electron chi connectivity index (χ2n) is 9.76. The molecule has 3 heterocycles. The van der Waals surface area contributed by atoms with Crippen molar-refractivity contribution < 1.29 is 9.32 Å². The van der Waals surface area contributed by atoms with Gasteiger partial charge in [-0.15, -0.1) is 0 Å². The zero-order valence-electron chi connectivity index (χ0n) is 21.6. The summed E-state index contributed by atoms with van der Waals surface area (Å²) in [6.07, 6.45) is 1.87. The first-order valence-electron chi connectivity index (χ1n) is 12.5. The third-order valence-corrected chi connectivity index (χ3v) is 7.35. The predicted molar refractivity (Wildman–Crippen MR) is 146 cm³/mol. The van der Waals surface area contributed by atoms with E-state index in [4.69, 9.17) is 26.1 Å². The van der Waals surface area contributed by atoms with Crippen LogP contribution in [0.25, 0.3) is 22.0 Å². The van der Waals surface area contributed by atoms with E-state index in [9.17, 15) is 4.79 Å². The van der Waals surface area contributed by atoms with Gasteiger partial charge >= 0.3 is 0 Å². The molecule has 2 aromatic carbocycles. The number of amides is 1. The molecular weight excluding hydrogens is 488 g/mol. The maximum atomic E-state index is 13.5. The van der Waals surface area contributed by atoms with E-state index in [0.717, 1.165) is 59.5 Å². The quantitative estimate of drug-likeness (QED) is 0.369. The monoisotopic (exact) mass is 518 g/mol. The second-order valence-corrected chi connectivity index (χ2v) is 10.2. The molecule has 1 aliphatic rings. The van der Waals surface area contributed by atoms with E-state index in [1.165, 1.54) is 0 Å². The first-order chi connectivity index (χ1) is 17.8. The lowest BCUT2D eigenvalue weighted by Crippen LogP contribution is -2.44. The molecule has 37 heavy (non-hydrogen) atoms. The van der Waals surface area contributed by atoms with E-state index < -0.39 is 0 Å². The zero-order valence-corrected chi connectivity index (χ0v) is 22.3. The molecule has 4 aromatic rings. The second kappa shape index (κ2) is 10.5. The topological polar surface area (TPSA) is 87.4 Å². The molecule has 5 rings (SSSR count). The molecule has 1 saturated heterocycles. The molecule has 1 aliphatic heterocycles. The fourth-order valence-corrected chi connectivity index (χ4v) is 5.16. The summed E-state index contributed by atoms with van der Waals surface area (Å²) >= 11 is 6.19. The van der Waals surface area contributed by atoms with Crippen molar-refractivity contribution in [2.45, 2.75) is 39.3 Å². The van der Waals surface area contributed by atoms with Gasteiger partial charge in [-0.2, -0.15) is 0 Å². The largest absolute Gasteiger partial charge is 0.365 e. The minimum Gasteiger partial charge on any atom is -0.365 e. The highest BCUT2D eigenvalue weighted by Crippen LogP contribution is 2.32. The molecule has 1 amide bonds. The molecule has 0 bridgehead atoms. The van der Waals surface area contributed by atoms with Gasteiger partial charge in [-0.3, -0.25) is 4.79 Å². The summed E-state index contributed by atoms with van der Waals surface area (Å²) in [4.78, 5) is 27.0. The zero-order chi connectivity index (χ0) is 26.1. The van der Waals surface area contributed by atoms with Crippen LogP contribution in [0.15, 0.2) is 47.0 Å². The van der Waals surface area contributed by atoms with Crippen LogP contribution >= 0.6 is 11.6 Å². The van der Waals surface area contributed by atoms with Crippen molar-refractivity contribution in [1.29, 1.82) is 0 Å². The number of hydrogen-bond donors (Lipinski definition) is 1. The number of nitrogens with zero attached hydrogens (tertiary/aromatic N) is 5. The van der Waals surface area contributed by atoms with Gasteiger partial charge in [0.2, 0.25) is 5.82 Å². The third kappa shape index (κ3) is 5.31. The Morgan fingerprint density at radius 3 is 2.65 bits per heavy atom. The maximum absolute atomic E-state index is 13.5. The summed E-state index contributed by atoms with van der Waals surface area (Å²) in [7, 11) is 3.96. The van der Waals surface area contributed by atoms with Gasteiger partial charge in [-0.05, 0) is 82.2 Å². The van der Waals surface area contributed by atoms with Crippen molar-refractivity contribution in [3.8, 4) is 11.1 Å². The number of aryl methyl sites for hydroxylation is 2. The first-order valence-corrected chi connectivity index (χ1v) is 12.9. The summed E-state index contributed by atoms with van der Waals surface area (Å²) in [6, 6.07) is 13.8. The Bertz CT molecular complexity index is 1420. The summed E-state index contributed by atoms with van der Waals surface area (Å²) in [6.45, 7) is 6.26. The SMILES string of the molecule is Cc1noc(C)c1-c1ccc2nc(C(=O)N(C)C3CCN(C)CC3)nc(NCc3cccc(Cl)c3)c2c1. The van der Waals surface area contributed by atoms with Crippen LogP contribution in [0, 0.1) is 13.8 Å². The number of likely N-dealkylation sites (tertiary alicyclic amines) is 1. The van der Waals surface area contributed by atoms with Crippen LogP contribution in [0.1, 0.15) is 40.5 Å². The first kappa shape index (κ1) is 25.2. The molecule has 1 fully saturated rings. The van der Waals surface area contributed by atoms with Crippen LogP contribution in [-0.4, -0.2) is 64.1 Å². The van der Waals surface area contributed by atoms with Crippen molar-refractivity contribution in [1.82, 2.24) is 24.9 Å². The summed E-state index contributed by atoms with van der Waals surface area (Å²) < 4.78 is 5.39. The number of fused-ring (bicyclic) bond motifs is 1. The summed E-state index contributed by atoms with van der Waals surface area (Å²) in [5.74, 6) is 1.36. The van der Waals surface area contributed by atoms with Gasteiger partial charge in [-0.25, -0.2) is 9.97 Å². The normalized spacial score (nSPS) is 14.7. The molecule has 0 spiro atoms. The van der Waals surface area contributed by atoms with E-state index in [1.54, 1.807) is 4.90 Å². The molecule has 0 saturated carbocycles. The fraction of sp³-hybridized carbons (Fsp3) is 0.357. The van der Waals surface area contributed by atoms with Crippen molar-refractivity contribution in [2.75, 3.05) is 32.5 Å². The van der Waals surface area contributed by atoms with Gasteiger partial charge in [0.25, 0.3) is 5.91 Å². The number of piperidine rings is 1. The van der Waals surface area contributed by atoms with E-state index >= 15 is 0 Å². The van der Waals surface area contributed by atoms with Crippen molar-refractivity contribution in [3.63, 3.8) is 0 Å². The number of carbonyl (C=O) groups excluding carboxylic acids is 1. The van der Waals surface area contributed by atoms with Gasteiger partial charge in [0, 0.05) is 35.6 Å². The molecule has 2 aromatic heterocycles. The highest BCUT2D eigenvalue weighted by molar-refractivity contribution is 6.30. The van der Waals surface area contributed by atoms with Gasteiger partial charge < -0.3 is 19.6 Å². The van der Waals surface area contributed by atoms with E-state index in [1.807, 2.05) is 63.4 Å². The Morgan fingerprint density at radius 2 is 1.95 bits per heavy atom. The Labute approximate surface area is 221 Å². The number of hydrogen-bond acceptors (Lipinski definition) is 7. The Morgan fingerprint density at radius 1 is 1.16 bits per heavy atom. The van der Waals surface area contributed by atoms with Crippen LogP contribution < -0.4 is 5.32 Å². The average molecular weight is 519 g/mol. The Balaban J connectivity index is 1.53. The van der Waals surface area contributed by atoms with Crippen LogP contribution in [0.5, 0.6) is 0 Å². The fourth-order valence-electron chi connectivity index (χ4n) is 4.95. The number of carbonyl (C=O) groups is 1. The van der Waals surface area contributed by atoms with Crippen molar-refractivity contribution in [2.24, 2.45) is 0 Å². The minimum atomic E-state index is -0.169. The number of benzene rings is 2. The summed E-state index contributed by atoms with van der Waals surface area (Å²) in [5, 5.41) is 9.01. The van der Waals surface area contributed by atoms with E-state index in [-0.39, 0.29) is 17.8 Å².